The summed E-state index contributed by atoms with van der Waals surface area (Å²) >= 11 is 0. The predicted molar refractivity (Wildman–Crippen MR) is 115 cm³/mol. The summed E-state index contributed by atoms with van der Waals surface area (Å²) in [5.74, 6) is 2.45. The quantitative estimate of drug-likeness (QED) is 0.489. The second-order valence-corrected chi connectivity index (χ2v) is 7.67. The van der Waals surface area contributed by atoms with Gasteiger partial charge in [-0.1, -0.05) is 94.4 Å². The number of hydrogen-bond acceptors (Lipinski definition) is 0. The van der Waals surface area contributed by atoms with Crippen molar-refractivity contribution in [1.82, 2.24) is 0 Å². The van der Waals surface area contributed by atoms with Gasteiger partial charge in [-0.3, -0.25) is 0 Å². The van der Waals surface area contributed by atoms with Crippen LogP contribution >= 0.6 is 0 Å². The van der Waals surface area contributed by atoms with Gasteiger partial charge < -0.3 is 0 Å². The minimum absolute atomic E-state index is 0.345. The first-order valence-corrected chi connectivity index (χ1v) is 9.67. The van der Waals surface area contributed by atoms with Crippen molar-refractivity contribution in [2.75, 3.05) is 0 Å². The fourth-order valence-electron chi connectivity index (χ4n) is 4.25. The van der Waals surface area contributed by atoms with Gasteiger partial charge in [-0.25, -0.2) is 0 Å². The number of hydrogen-bond donors (Lipinski definition) is 0. The Morgan fingerprint density at radius 3 is 1.48 bits per heavy atom. The van der Waals surface area contributed by atoms with E-state index in [-0.39, 0.29) is 0 Å². The van der Waals surface area contributed by atoms with Crippen molar-refractivity contribution < 1.29 is 0 Å². The van der Waals surface area contributed by atoms with Crippen molar-refractivity contribution in [2.24, 2.45) is 0 Å². The monoisotopic (exact) mass is 332 g/mol. The molecule has 2 aromatic carbocycles. The summed E-state index contributed by atoms with van der Waals surface area (Å²) in [5, 5.41) is 0. The Morgan fingerprint density at radius 1 is 0.720 bits per heavy atom. The first-order chi connectivity index (χ1) is 11.8. The first kappa shape index (κ1) is 19.6. The average molecular weight is 332 g/mol. The lowest BCUT2D eigenvalue weighted by atomic mass is 9.37. The molecule has 2 aromatic rings. The summed E-state index contributed by atoms with van der Waals surface area (Å²) in [4.78, 5) is 0. The van der Waals surface area contributed by atoms with E-state index in [2.05, 4.69) is 84.8 Å². The Kier molecular flexibility index (Phi) is 6.70. The fraction of sp³-hybridized carbons (Fsp3) is 0.417. The zero-order valence-electron chi connectivity index (χ0n) is 17.2. The van der Waals surface area contributed by atoms with E-state index < -0.39 is 0 Å². The number of allylic oxidation sites excluding steroid dienone is 1. The fourth-order valence-corrected chi connectivity index (χ4v) is 4.25. The molecule has 0 aromatic heterocycles. The maximum absolute atomic E-state index is 2.45. The van der Waals surface area contributed by atoms with Gasteiger partial charge in [0, 0.05) is 0 Å². The van der Waals surface area contributed by atoms with Gasteiger partial charge in [0.15, 0.2) is 0 Å². The molecule has 0 heterocycles. The minimum Gasteiger partial charge on any atom is -0.109 e. The molecule has 0 amide bonds. The largest absolute Gasteiger partial charge is 0.235 e. The van der Waals surface area contributed by atoms with Gasteiger partial charge >= 0.3 is 0 Å². The van der Waals surface area contributed by atoms with Crippen LogP contribution in [0.4, 0.5) is 0 Å². The van der Waals surface area contributed by atoms with E-state index in [1.807, 2.05) is 0 Å². The highest BCUT2D eigenvalue weighted by Crippen LogP contribution is 2.13. The molecular formula is C24H33B. The van der Waals surface area contributed by atoms with Gasteiger partial charge in [-0.15, -0.1) is 5.98 Å². The van der Waals surface area contributed by atoms with E-state index >= 15 is 0 Å². The third-order valence-electron chi connectivity index (χ3n) is 5.15. The lowest BCUT2D eigenvalue weighted by Crippen LogP contribution is -2.46. The molecule has 0 radical (unpaired) electrons. The maximum Gasteiger partial charge on any atom is 0.235 e. The van der Waals surface area contributed by atoms with E-state index in [1.165, 1.54) is 63.6 Å². The second kappa shape index (κ2) is 8.56. The summed E-state index contributed by atoms with van der Waals surface area (Å²) in [5.41, 5.74) is 11.3. The molecule has 0 bridgehead atoms. The molecule has 0 fully saturated rings. The molecule has 0 nitrogen and oxygen atoms in total. The number of aryl methyl sites for hydroxylation is 6. The summed E-state index contributed by atoms with van der Waals surface area (Å²) in [6.45, 7) is 16.0. The van der Waals surface area contributed by atoms with Crippen molar-refractivity contribution in [3.8, 4) is 0 Å². The summed E-state index contributed by atoms with van der Waals surface area (Å²) < 4.78 is 0. The molecule has 1 heteroatoms. The van der Waals surface area contributed by atoms with Gasteiger partial charge in [0.25, 0.3) is 0 Å². The van der Waals surface area contributed by atoms with Crippen molar-refractivity contribution in [2.45, 2.75) is 67.7 Å². The third-order valence-corrected chi connectivity index (χ3v) is 5.15. The highest BCUT2D eigenvalue weighted by atomic mass is 14.1. The van der Waals surface area contributed by atoms with Crippen LogP contribution in [0.2, 0.25) is 0 Å². The van der Waals surface area contributed by atoms with Crippen molar-refractivity contribution in [3.05, 3.63) is 69.7 Å². The van der Waals surface area contributed by atoms with Crippen LogP contribution in [-0.4, -0.2) is 6.71 Å². The average Bonchev–Trinajstić information content (AvgIpc) is 2.48. The van der Waals surface area contributed by atoms with Crippen LogP contribution in [0.15, 0.2) is 36.3 Å². The molecule has 0 unspecified atom stereocenters. The Bertz CT molecular complexity index is 664. The summed E-state index contributed by atoms with van der Waals surface area (Å²) in [6, 6.07) is 9.31. The van der Waals surface area contributed by atoms with Crippen molar-refractivity contribution >= 4 is 17.6 Å². The maximum atomic E-state index is 2.45. The van der Waals surface area contributed by atoms with Gasteiger partial charge in [0.05, 0.1) is 0 Å². The van der Waals surface area contributed by atoms with Crippen LogP contribution in [0.25, 0.3) is 0 Å². The number of benzene rings is 2. The van der Waals surface area contributed by atoms with Crippen LogP contribution in [0.3, 0.4) is 0 Å². The van der Waals surface area contributed by atoms with Crippen LogP contribution in [0.5, 0.6) is 0 Å². The lowest BCUT2D eigenvalue weighted by Gasteiger charge is -2.22. The van der Waals surface area contributed by atoms with Crippen molar-refractivity contribution in [3.63, 3.8) is 0 Å². The second-order valence-electron chi connectivity index (χ2n) is 7.67. The molecule has 132 valence electrons. The summed E-state index contributed by atoms with van der Waals surface area (Å²) in [7, 11) is 0. The molecule has 25 heavy (non-hydrogen) atoms. The van der Waals surface area contributed by atoms with E-state index in [1.54, 1.807) is 0 Å². The zero-order valence-corrected chi connectivity index (χ0v) is 17.2. The smallest absolute Gasteiger partial charge is 0.109 e. The topological polar surface area (TPSA) is 0 Å². The van der Waals surface area contributed by atoms with Crippen LogP contribution in [0, 0.1) is 41.5 Å². The standard InChI is InChI=1S/C24H33B/c1-8-9-10-11-12-25(23-19(4)13-17(2)14-20(23)5)24-21(6)15-18(3)16-22(24)7/h11-16H,8-10H2,1-7H3/b12-11+. The molecule has 0 atom stereocenters. The SMILES string of the molecule is CCCC/C=C/B(c1c(C)cc(C)cc1C)c1c(C)cc(C)cc1C. The predicted octanol–water partition coefficient (Wildman–Crippen LogP) is 5.43. The minimum atomic E-state index is 0.345. The molecule has 0 N–H and O–H groups in total. The van der Waals surface area contributed by atoms with Crippen LogP contribution < -0.4 is 10.9 Å². The molecular weight excluding hydrogens is 299 g/mol. The van der Waals surface area contributed by atoms with E-state index in [0.717, 1.165) is 0 Å². The lowest BCUT2D eigenvalue weighted by molar-refractivity contribution is 0.815. The van der Waals surface area contributed by atoms with Crippen LogP contribution in [0.1, 0.15) is 59.6 Å². The summed E-state index contributed by atoms with van der Waals surface area (Å²) in [6.07, 6.45) is 6.08. The number of unbranched alkanes of at least 4 members (excludes halogenated alkanes) is 2. The van der Waals surface area contributed by atoms with Gasteiger partial charge in [0.2, 0.25) is 6.71 Å². The van der Waals surface area contributed by atoms with Crippen LogP contribution in [-0.2, 0) is 0 Å². The molecule has 0 saturated carbocycles. The van der Waals surface area contributed by atoms with Gasteiger partial charge in [-0.2, -0.15) is 0 Å². The Labute approximate surface area is 155 Å². The Hall–Kier alpha value is -1.76. The van der Waals surface area contributed by atoms with Gasteiger partial charge in [-0.05, 0) is 48.0 Å². The highest BCUT2D eigenvalue weighted by molar-refractivity contribution is 6.90. The molecule has 0 aliphatic heterocycles. The number of rotatable bonds is 6. The zero-order chi connectivity index (χ0) is 18.6. The third kappa shape index (κ3) is 4.66. The first-order valence-electron chi connectivity index (χ1n) is 9.67. The molecule has 0 aliphatic carbocycles. The van der Waals surface area contributed by atoms with Gasteiger partial charge in [0.1, 0.15) is 0 Å². The Balaban J connectivity index is 2.61. The van der Waals surface area contributed by atoms with E-state index in [9.17, 15) is 0 Å². The Morgan fingerprint density at radius 2 is 1.12 bits per heavy atom. The normalized spacial score (nSPS) is 11.3. The molecule has 0 aliphatic rings. The van der Waals surface area contributed by atoms with Crippen molar-refractivity contribution in [1.29, 1.82) is 0 Å². The van der Waals surface area contributed by atoms with E-state index in [0.29, 0.717) is 6.71 Å². The highest BCUT2D eigenvalue weighted by Gasteiger charge is 2.23. The van der Waals surface area contributed by atoms with E-state index in [4.69, 9.17) is 0 Å². The molecule has 2 rings (SSSR count). The molecule has 0 saturated heterocycles. The molecule has 0 spiro atoms.